The molecule has 0 bridgehead atoms. The van der Waals surface area contributed by atoms with Crippen LogP contribution in [0.2, 0.25) is 0 Å². The van der Waals surface area contributed by atoms with Crippen molar-refractivity contribution < 1.29 is 19.2 Å². The fraction of sp³-hybridized carbons (Fsp3) is 0.310. The topological polar surface area (TPSA) is 123 Å². The summed E-state index contributed by atoms with van der Waals surface area (Å²) < 4.78 is 14.1. The Hall–Kier alpha value is -4.10. The molecule has 1 aromatic carbocycles. The summed E-state index contributed by atoms with van der Waals surface area (Å²) in [5.74, 6) is 1.69. The van der Waals surface area contributed by atoms with Crippen molar-refractivity contribution in [1.82, 2.24) is 19.7 Å². The smallest absolute Gasteiger partial charge is 0.229 e. The van der Waals surface area contributed by atoms with Crippen LogP contribution < -0.4 is 20.5 Å². The van der Waals surface area contributed by atoms with Crippen LogP contribution in [-0.4, -0.2) is 71.4 Å². The molecule has 4 aromatic heterocycles. The van der Waals surface area contributed by atoms with Crippen LogP contribution in [0.15, 0.2) is 63.4 Å². The number of benzene rings is 1. The Morgan fingerprint density at radius 3 is 2.76 bits per heavy atom. The second-order valence-corrected chi connectivity index (χ2v) is 11.0. The van der Waals surface area contributed by atoms with Crippen molar-refractivity contribution >= 4 is 39.1 Å². The molecule has 41 heavy (non-hydrogen) atoms. The van der Waals surface area contributed by atoms with Crippen LogP contribution in [0.3, 0.4) is 0 Å². The van der Waals surface area contributed by atoms with E-state index in [-0.39, 0.29) is 12.0 Å². The number of quaternary nitrogens is 1. The Bertz CT molecular complexity index is 1710. The van der Waals surface area contributed by atoms with Crippen molar-refractivity contribution in [2.75, 3.05) is 56.7 Å². The summed E-state index contributed by atoms with van der Waals surface area (Å²) in [5.41, 5.74) is 5.28. The summed E-state index contributed by atoms with van der Waals surface area (Å²) in [7, 11) is 2.05. The Kier molecular flexibility index (Phi) is 7.79. The van der Waals surface area contributed by atoms with Gasteiger partial charge in [0.05, 0.1) is 32.6 Å². The summed E-state index contributed by atoms with van der Waals surface area (Å²) >= 11 is 1.40. The van der Waals surface area contributed by atoms with Crippen molar-refractivity contribution in [2.45, 2.75) is 13.5 Å². The van der Waals surface area contributed by atoms with Crippen LogP contribution in [0.5, 0.6) is 0 Å². The number of ether oxygens (including phenoxy) is 1. The van der Waals surface area contributed by atoms with E-state index in [0.717, 1.165) is 34.6 Å². The van der Waals surface area contributed by atoms with Crippen LogP contribution in [0.4, 0.5) is 17.5 Å². The number of aliphatic hydroxyl groups is 1. The minimum Gasteiger partial charge on any atom is -0.439 e. The number of nitrogens with zero attached hydrogens (tertiary/aromatic N) is 5. The van der Waals surface area contributed by atoms with E-state index >= 15 is 0 Å². The van der Waals surface area contributed by atoms with Gasteiger partial charge in [-0.15, -0.1) is 11.3 Å². The van der Waals surface area contributed by atoms with Gasteiger partial charge in [0.25, 0.3) is 0 Å². The first-order valence-electron chi connectivity index (χ1n) is 13.5. The van der Waals surface area contributed by atoms with Gasteiger partial charge in [-0.3, -0.25) is 4.79 Å². The molecular weight excluding hydrogens is 542 g/mol. The maximum absolute atomic E-state index is 12.8. The second-order valence-electron chi connectivity index (χ2n) is 10.1. The third kappa shape index (κ3) is 5.86. The van der Waals surface area contributed by atoms with E-state index in [1.807, 2.05) is 55.9 Å². The zero-order chi connectivity index (χ0) is 28.3. The van der Waals surface area contributed by atoms with Gasteiger partial charge in [0.1, 0.15) is 17.8 Å². The van der Waals surface area contributed by atoms with Gasteiger partial charge in [-0.1, -0.05) is 12.1 Å². The lowest BCUT2D eigenvalue weighted by molar-refractivity contribution is -0.894. The number of rotatable bonds is 9. The average molecular weight is 575 g/mol. The van der Waals surface area contributed by atoms with Gasteiger partial charge in [-0.25, -0.2) is 9.67 Å². The van der Waals surface area contributed by atoms with Gasteiger partial charge >= 0.3 is 0 Å². The highest BCUT2D eigenvalue weighted by Gasteiger charge is 2.19. The molecule has 1 unspecified atom stereocenters. The molecular formula is C29H32N7O4S+. The Balaban J connectivity index is 1.20. The van der Waals surface area contributed by atoms with Crippen molar-refractivity contribution in [1.29, 1.82) is 0 Å². The summed E-state index contributed by atoms with van der Waals surface area (Å²) in [6, 6.07) is 11.3. The Labute approximate surface area is 240 Å². The van der Waals surface area contributed by atoms with Gasteiger partial charge in [0.15, 0.2) is 17.3 Å². The normalized spacial score (nSPS) is 14.5. The van der Waals surface area contributed by atoms with E-state index < -0.39 is 0 Å². The maximum atomic E-state index is 12.8. The summed E-state index contributed by atoms with van der Waals surface area (Å²) in [4.78, 5) is 25.1. The molecule has 5 heterocycles. The molecule has 0 aliphatic carbocycles. The van der Waals surface area contributed by atoms with Gasteiger partial charge in [0.2, 0.25) is 11.4 Å². The molecule has 1 fully saturated rings. The third-order valence-corrected chi connectivity index (χ3v) is 8.09. The highest BCUT2D eigenvalue weighted by molar-refractivity contribution is 7.17. The summed E-state index contributed by atoms with van der Waals surface area (Å²) in [6.07, 6.45) is 3.68. The standard InChI is InChI=1S/C29H31N7O4S/c1-19-21(16-34(2)9-12-37)17-36(33-19)25-7-8-30-29(32-25)31-22-5-3-20(4-6-22)23-18-41-28-24(38)15-26(40-27(23)28)35-10-13-39-14-11-35/h3-8,15,17-18,37H,9-14,16H2,1-2H3,(H,30,31,32)/p+1. The molecule has 1 saturated heterocycles. The first-order chi connectivity index (χ1) is 20.0. The molecule has 5 aromatic rings. The summed E-state index contributed by atoms with van der Waals surface area (Å²) in [5, 5.41) is 19.1. The highest BCUT2D eigenvalue weighted by atomic mass is 32.1. The van der Waals surface area contributed by atoms with Crippen LogP contribution in [-0.2, 0) is 11.3 Å². The number of thiophene rings is 1. The van der Waals surface area contributed by atoms with Gasteiger partial charge in [-0.05, 0) is 24.6 Å². The molecule has 3 N–H and O–H groups in total. The number of nitrogens with one attached hydrogen (secondary N) is 2. The molecule has 0 saturated carbocycles. The van der Waals surface area contributed by atoms with Crippen LogP contribution in [0.25, 0.3) is 27.2 Å². The lowest BCUT2D eigenvalue weighted by Crippen LogP contribution is -3.08. The molecule has 0 radical (unpaired) electrons. The minimum atomic E-state index is -0.0303. The number of hydrogen-bond acceptors (Lipinski definition) is 10. The molecule has 1 atom stereocenters. The van der Waals surface area contributed by atoms with E-state index in [2.05, 4.69) is 25.3 Å². The number of likely N-dealkylation sites (N-methyl/N-ethyl adjacent to an activating group) is 1. The molecule has 1 aliphatic rings. The minimum absolute atomic E-state index is 0.0303. The molecule has 1 aliphatic heterocycles. The van der Waals surface area contributed by atoms with Crippen molar-refractivity contribution in [3.05, 3.63) is 75.7 Å². The molecule has 212 valence electrons. The van der Waals surface area contributed by atoms with Gasteiger partial charge in [0, 0.05) is 59.8 Å². The summed E-state index contributed by atoms with van der Waals surface area (Å²) in [6.45, 7) is 6.20. The quantitative estimate of drug-likeness (QED) is 0.244. The SMILES string of the molecule is Cc1nn(-c2ccnc(Nc3ccc(-c4csc5c(=O)cc(N6CCOCC6)oc45)cc3)n2)cc1C[NH+](C)CCO. The molecule has 0 amide bonds. The van der Waals surface area contributed by atoms with E-state index in [1.54, 1.807) is 16.9 Å². The van der Waals surface area contributed by atoms with Gasteiger partial charge in [-0.2, -0.15) is 10.1 Å². The predicted octanol–water partition coefficient (Wildman–Crippen LogP) is 2.39. The Morgan fingerprint density at radius 1 is 1.17 bits per heavy atom. The third-order valence-electron chi connectivity index (χ3n) is 7.11. The number of fused-ring (bicyclic) bond motifs is 1. The van der Waals surface area contributed by atoms with E-state index in [9.17, 15) is 9.90 Å². The van der Waals surface area contributed by atoms with E-state index in [4.69, 9.17) is 9.15 Å². The lowest BCUT2D eigenvalue weighted by Gasteiger charge is -2.27. The fourth-order valence-electron chi connectivity index (χ4n) is 4.86. The zero-order valence-electron chi connectivity index (χ0n) is 23.0. The number of anilines is 3. The number of aliphatic hydroxyl groups excluding tert-OH is 1. The lowest BCUT2D eigenvalue weighted by atomic mass is 10.1. The first kappa shape index (κ1) is 27.1. The monoisotopic (exact) mass is 574 g/mol. The van der Waals surface area contributed by atoms with Crippen LogP contribution >= 0.6 is 11.3 Å². The first-order valence-corrected chi connectivity index (χ1v) is 14.4. The fourth-order valence-corrected chi connectivity index (χ4v) is 5.77. The highest BCUT2D eigenvalue weighted by Crippen LogP contribution is 2.35. The number of hydrogen-bond donors (Lipinski definition) is 3. The number of aromatic nitrogens is 4. The average Bonchev–Trinajstić information content (AvgIpc) is 3.58. The molecule has 12 heteroatoms. The zero-order valence-corrected chi connectivity index (χ0v) is 23.8. The molecule has 6 rings (SSSR count). The largest absolute Gasteiger partial charge is 0.439 e. The van der Waals surface area contributed by atoms with E-state index in [0.29, 0.717) is 60.8 Å². The number of morpholine rings is 1. The maximum Gasteiger partial charge on any atom is 0.229 e. The molecule has 11 nitrogen and oxygen atoms in total. The second kappa shape index (κ2) is 11.8. The van der Waals surface area contributed by atoms with Gasteiger partial charge < -0.3 is 29.4 Å². The van der Waals surface area contributed by atoms with E-state index in [1.165, 1.54) is 16.2 Å². The van der Waals surface area contributed by atoms with Crippen molar-refractivity contribution in [3.8, 4) is 16.9 Å². The predicted molar refractivity (Wildman–Crippen MR) is 159 cm³/mol. The van der Waals surface area contributed by atoms with Crippen molar-refractivity contribution in [2.24, 2.45) is 0 Å². The van der Waals surface area contributed by atoms with Crippen molar-refractivity contribution in [3.63, 3.8) is 0 Å². The van der Waals surface area contributed by atoms with Crippen LogP contribution in [0.1, 0.15) is 11.3 Å². The Morgan fingerprint density at radius 2 is 1.98 bits per heavy atom. The number of aryl methyl sites for hydroxylation is 1. The molecule has 0 spiro atoms. The van der Waals surface area contributed by atoms with Crippen LogP contribution in [0, 0.1) is 6.92 Å².